The summed E-state index contributed by atoms with van der Waals surface area (Å²) in [6.07, 6.45) is 1.62. The van der Waals surface area contributed by atoms with Gasteiger partial charge >= 0.3 is 5.97 Å². The maximum atomic E-state index is 13.3. The number of rotatable bonds is 1. The average molecular weight is 194 g/mol. The van der Waals surface area contributed by atoms with E-state index in [4.69, 9.17) is 0 Å². The van der Waals surface area contributed by atoms with Gasteiger partial charge in [0.2, 0.25) is 0 Å². The van der Waals surface area contributed by atoms with Gasteiger partial charge in [-0.1, -0.05) is 0 Å². The lowest BCUT2D eigenvalue weighted by atomic mass is 10.3. The Kier molecular flexibility index (Phi) is 1.92. The summed E-state index contributed by atoms with van der Waals surface area (Å²) in [5, 5.41) is 0.621. The van der Waals surface area contributed by atoms with E-state index in [1.165, 1.54) is 13.2 Å². The molecule has 0 aliphatic heterocycles. The number of ether oxygens (including phenoxy) is 1. The predicted molar refractivity (Wildman–Crippen MR) is 47.4 cm³/mol. The lowest BCUT2D eigenvalue weighted by Crippen LogP contribution is -2.07. The van der Waals surface area contributed by atoms with Crippen LogP contribution in [0.25, 0.3) is 11.0 Å². The highest BCUT2D eigenvalue weighted by atomic mass is 19.1. The second-order valence-electron chi connectivity index (χ2n) is 2.73. The largest absolute Gasteiger partial charge is 0.464 e. The molecule has 0 atom stereocenters. The maximum Gasteiger partial charge on any atom is 0.359 e. The predicted octanol–water partition coefficient (Wildman–Crippen LogP) is 1.49. The molecule has 0 spiro atoms. The first-order valence-corrected chi connectivity index (χ1v) is 3.94. The van der Waals surface area contributed by atoms with Gasteiger partial charge in [0, 0.05) is 11.6 Å². The van der Waals surface area contributed by atoms with Gasteiger partial charge in [-0.3, -0.25) is 0 Å². The number of hydrogen-bond donors (Lipinski definition) is 1. The second-order valence-corrected chi connectivity index (χ2v) is 2.73. The number of esters is 1. The Hall–Kier alpha value is -1.91. The van der Waals surface area contributed by atoms with Crippen molar-refractivity contribution in [2.45, 2.75) is 0 Å². The molecule has 0 saturated carbocycles. The molecule has 1 N–H and O–H groups in total. The van der Waals surface area contributed by atoms with Crippen LogP contribution in [0.3, 0.4) is 0 Å². The number of H-pyrrole nitrogens is 1. The molecule has 0 amide bonds. The van der Waals surface area contributed by atoms with Gasteiger partial charge in [-0.05, 0) is 12.1 Å². The first-order chi connectivity index (χ1) is 6.72. The van der Waals surface area contributed by atoms with Crippen molar-refractivity contribution >= 4 is 17.0 Å². The summed E-state index contributed by atoms with van der Waals surface area (Å²) in [5.74, 6) is -1.46. The van der Waals surface area contributed by atoms with Gasteiger partial charge < -0.3 is 9.72 Å². The zero-order valence-electron chi connectivity index (χ0n) is 7.37. The number of nitrogens with zero attached hydrogens (tertiary/aromatic N) is 1. The summed E-state index contributed by atoms with van der Waals surface area (Å²) in [6, 6.07) is 2.91. The van der Waals surface area contributed by atoms with E-state index in [1.807, 2.05) is 0 Å². The number of nitrogens with one attached hydrogen (secondary N) is 1. The minimum absolute atomic E-state index is 0.303. The zero-order valence-corrected chi connectivity index (χ0v) is 7.37. The zero-order chi connectivity index (χ0) is 10.1. The van der Waals surface area contributed by atoms with Crippen LogP contribution in [0.2, 0.25) is 0 Å². The Morgan fingerprint density at radius 2 is 2.43 bits per heavy atom. The van der Waals surface area contributed by atoms with Gasteiger partial charge in [0.05, 0.1) is 7.11 Å². The quantitative estimate of drug-likeness (QED) is 0.699. The smallest absolute Gasteiger partial charge is 0.359 e. The molecule has 14 heavy (non-hydrogen) atoms. The Labute approximate surface area is 78.7 Å². The summed E-state index contributed by atoms with van der Waals surface area (Å²) in [7, 11) is 1.18. The van der Waals surface area contributed by atoms with Gasteiger partial charge in [0.1, 0.15) is 5.65 Å². The highest BCUT2D eigenvalue weighted by Crippen LogP contribution is 2.14. The van der Waals surface area contributed by atoms with Crippen LogP contribution in [0.1, 0.15) is 10.5 Å². The summed E-state index contributed by atoms with van der Waals surface area (Å²) in [6.45, 7) is 0. The van der Waals surface area contributed by atoms with Crippen LogP contribution >= 0.6 is 0 Å². The third kappa shape index (κ3) is 1.22. The number of methoxy groups -OCH3 is 1. The molecule has 2 aromatic rings. The number of halogens is 1. The van der Waals surface area contributed by atoms with E-state index in [9.17, 15) is 9.18 Å². The Morgan fingerprint density at radius 1 is 1.64 bits per heavy atom. The number of hydrogen-bond acceptors (Lipinski definition) is 3. The summed E-state index contributed by atoms with van der Waals surface area (Å²) in [5.41, 5.74) is 0.161. The van der Waals surface area contributed by atoms with Crippen LogP contribution < -0.4 is 0 Å². The van der Waals surface area contributed by atoms with Gasteiger partial charge in [-0.15, -0.1) is 0 Å². The van der Waals surface area contributed by atoms with E-state index in [0.29, 0.717) is 11.0 Å². The molecular weight excluding hydrogens is 187 g/mol. The molecule has 2 heterocycles. The molecule has 0 fully saturated rings. The fraction of sp³-hybridized carbons (Fsp3) is 0.111. The first-order valence-electron chi connectivity index (χ1n) is 3.94. The molecule has 4 nitrogen and oxygen atoms in total. The van der Waals surface area contributed by atoms with Crippen LogP contribution in [0.15, 0.2) is 18.3 Å². The minimum atomic E-state index is -0.779. The van der Waals surface area contributed by atoms with Gasteiger partial charge in [-0.25, -0.2) is 14.2 Å². The van der Waals surface area contributed by atoms with Crippen molar-refractivity contribution in [2.24, 2.45) is 0 Å². The molecule has 0 bridgehead atoms. The molecule has 0 aliphatic carbocycles. The molecule has 0 saturated heterocycles. The minimum Gasteiger partial charge on any atom is -0.464 e. The van der Waals surface area contributed by atoms with Crippen molar-refractivity contribution in [3.05, 3.63) is 29.8 Å². The first kappa shape index (κ1) is 8.68. The normalized spacial score (nSPS) is 10.4. The number of fused-ring (bicyclic) bond motifs is 1. The van der Waals surface area contributed by atoms with Gasteiger partial charge in [0.25, 0.3) is 0 Å². The van der Waals surface area contributed by atoms with E-state index in [0.717, 1.165) is 0 Å². The van der Waals surface area contributed by atoms with Crippen LogP contribution in [0.5, 0.6) is 0 Å². The van der Waals surface area contributed by atoms with E-state index >= 15 is 0 Å². The SMILES string of the molecule is COC(=O)c1nc2[nH]ccc2cc1F. The van der Waals surface area contributed by atoms with Crippen molar-refractivity contribution < 1.29 is 13.9 Å². The van der Waals surface area contributed by atoms with Crippen LogP contribution in [0, 0.1) is 5.82 Å². The molecule has 5 heteroatoms. The van der Waals surface area contributed by atoms with Crippen LogP contribution in [-0.2, 0) is 4.74 Å². The van der Waals surface area contributed by atoms with Crippen molar-refractivity contribution in [2.75, 3.05) is 7.11 Å². The summed E-state index contributed by atoms with van der Waals surface area (Å²) >= 11 is 0. The molecule has 2 rings (SSSR count). The van der Waals surface area contributed by atoms with Crippen molar-refractivity contribution in [1.82, 2.24) is 9.97 Å². The van der Waals surface area contributed by atoms with Gasteiger partial charge in [-0.2, -0.15) is 0 Å². The van der Waals surface area contributed by atoms with Crippen molar-refractivity contribution in [3.63, 3.8) is 0 Å². The standard InChI is InChI=1S/C9H7FN2O2/c1-14-9(13)7-6(10)4-5-2-3-11-8(5)12-7/h2-4H,1H3,(H,11,12). The molecule has 72 valence electrons. The molecule has 0 aliphatic rings. The monoisotopic (exact) mass is 194 g/mol. The number of aromatic nitrogens is 2. The average Bonchev–Trinajstić information content (AvgIpc) is 2.62. The maximum absolute atomic E-state index is 13.3. The number of carbonyl (C=O) groups excluding carboxylic acids is 1. The van der Waals surface area contributed by atoms with Crippen molar-refractivity contribution in [3.8, 4) is 0 Å². The molecule has 0 unspecified atom stereocenters. The molecule has 2 aromatic heterocycles. The number of carbonyl (C=O) groups is 1. The molecule has 0 radical (unpaired) electrons. The number of pyridine rings is 1. The van der Waals surface area contributed by atoms with Crippen LogP contribution in [-0.4, -0.2) is 23.0 Å². The van der Waals surface area contributed by atoms with E-state index in [-0.39, 0.29) is 5.69 Å². The van der Waals surface area contributed by atoms with E-state index < -0.39 is 11.8 Å². The topological polar surface area (TPSA) is 55.0 Å². The molecular formula is C9H7FN2O2. The van der Waals surface area contributed by atoms with E-state index in [2.05, 4.69) is 14.7 Å². The van der Waals surface area contributed by atoms with Crippen molar-refractivity contribution in [1.29, 1.82) is 0 Å². The van der Waals surface area contributed by atoms with E-state index in [1.54, 1.807) is 12.3 Å². The lowest BCUT2D eigenvalue weighted by Gasteiger charge is -1.99. The summed E-state index contributed by atoms with van der Waals surface area (Å²) < 4.78 is 17.6. The highest BCUT2D eigenvalue weighted by molar-refractivity contribution is 5.90. The van der Waals surface area contributed by atoms with Crippen LogP contribution in [0.4, 0.5) is 4.39 Å². The third-order valence-electron chi connectivity index (χ3n) is 1.87. The number of aromatic amines is 1. The Balaban J connectivity index is 2.64. The lowest BCUT2D eigenvalue weighted by molar-refractivity contribution is 0.0589. The fourth-order valence-electron chi connectivity index (χ4n) is 1.20. The highest BCUT2D eigenvalue weighted by Gasteiger charge is 2.15. The Morgan fingerprint density at radius 3 is 3.14 bits per heavy atom. The fourth-order valence-corrected chi connectivity index (χ4v) is 1.20. The van der Waals surface area contributed by atoms with Gasteiger partial charge in [0.15, 0.2) is 11.5 Å². The molecule has 0 aromatic carbocycles. The Bertz CT molecular complexity index is 493. The summed E-state index contributed by atoms with van der Waals surface area (Å²) in [4.78, 5) is 17.6. The third-order valence-corrected chi connectivity index (χ3v) is 1.87. The second kappa shape index (κ2) is 3.10.